The van der Waals surface area contributed by atoms with Crippen LogP contribution in [0.15, 0.2) is 42.7 Å². The zero-order valence-corrected chi connectivity index (χ0v) is 14.6. The Balaban J connectivity index is 1.51. The van der Waals surface area contributed by atoms with Gasteiger partial charge < -0.3 is 10.2 Å². The number of nitrogens with one attached hydrogen (secondary N) is 1. The van der Waals surface area contributed by atoms with Crippen LogP contribution in [0.3, 0.4) is 0 Å². The van der Waals surface area contributed by atoms with Gasteiger partial charge in [0.15, 0.2) is 0 Å². The third-order valence-electron chi connectivity index (χ3n) is 3.90. The first-order valence-corrected chi connectivity index (χ1v) is 8.49. The molecule has 7 heteroatoms. The van der Waals surface area contributed by atoms with Gasteiger partial charge in [0, 0.05) is 60.9 Å². The summed E-state index contributed by atoms with van der Waals surface area (Å²) in [6, 6.07) is 8.88. The number of nitrogens with zero attached hydrogens (tertiary/aromatic N) is 3. The number of carbonyl (C=O) groups is 1. The molecular formula is C17H18Cl2N4O. The van der Waals surface area contributed by atoms with Crippen LogP contribution in [-0.4, -0.2) is 47.0 Å². The molecule has 0 saturated carbocycles. The first-order chi connectivity index (χ1) is 11.6. The van der Waals surface area contributed by atoms with Crippen LogP contribution >= 0.6 is 23.2 Å². The summed E-state index contributed by atoms with van der Waals surface area (Å²) in [5.74, 6) is 0. The maximum absolute atomic E-state index is 12.4. The van der Waals surface area contributed by atoms with Crippen LogP contribution in [-0.2, 0) is 6.54 Å². The third kappa shape index (κ3) is 4.60. The van der Waals surface area contributed by atoms with Crippen LogP contribution in [0.2, 0.25) is 10.0 Å². The number of urea groups is 1. The van der Waals surface area contributed by atoms with Crippen LogP contribution in [0, 0.1) is 0 Å². The lowest BCUT2D eigenvalue weighted by atomic mass is 10.2. The standard InChI is InChI=1S/C17H18Cl2N4O/c18-14-8-15(19)10-16(9-14)21-17(24)23-6-4-22(5-7-23)12-13-2-1-3-20-11-13/h1-3,8-11H,4-7,12H2,(H,21,24). The zero-order valence-electron chi connectivity index (χ0n) is 13.1. The van der Waals surface area contributed by atoms with Crippen molar-refractivity contribution in [3.8, 4) is 0 Å². The van der Waals surface area contributed by atoms with Gasteiger partial charge in [0.1, 0.15) is 0 Å². The molecule has 24 heavy (non-hydrogen) atoms. The van der Waals surface area contributed by atoms with E-state index >= 15 is 0 Å². The molecule has 126 valence electrons. The van der Waals surface area contributed by atoms with E-state index in [9.17, 15) is 4.79 Å². The number of aromatic nitrogens is 1. The number of piperazine rings is 1. The number of hydrogen-bond acceptors (Lipinski definition) is 3. The summed E-state index contributed by atoms with van der Waals surface area (Å²) in [4.78, 5) is 20.6. The maximum Gasteiger partial charge on any atom is 0.321 e. The van der Waals surface area contributed by atoms with Crippen molar-refractivity contribution in [2.24, 2.45) is 0 Å². The predicted octanol–water partition coefficient (Wildman–Crippen LogP) is 3.74. The molecule has 1 aromatic heterocycles. The summed E-state index contributed by atoms with van der Waals surface area (Å²) >= 11 is 11.9. The van der Waals surface area contributed by atoms with Gasteiger partial charge in [-0.25, -0.2) is 4.79 Å². The molecule has 1 aromatic carbocycles. The molecule has 2 heterocycles. The number of carbonyl (C=O) groups excluding carboxylic acids is 1. The number of amides is 2. The molecule has 5 nitrogen and oxygen atoms in total. The topological polar surface area (TPSA) is 48.5 Å². The summed E-state index contributed by atoms with van der Waals surface area (Å²) in [5, 5.41) is 3.85. The Kier molecular flexibility index (Phi) is 5.56. The predicted molar refractivity (Wildman–Crippen MR) is 96.6 cm³/mol. The van der Waals surface area contributed by atoms with Gasteiger partial charge in [0.05, 0.1) is 0 Å². The average molecular weight is 365 g/mol. The summed E-state index contributed by atoms with van der Waals surface area (Å²) in [6.07, 6.45) is 3.65. The molecule has 1 saturated heterocycles. The van der Waals surface area contributed by atoms with Gasteiger partial charge in [0.2, 0.25) is 0 Å². The van der Waals surface area contributed by atoms with Crippen LogP contribution in [0.5, 0.6) is 0 Å². The molecule has 0 unspecified atom stereocenters. The SMILES string of the molecule is O=C(Nc1cc(Cl)cc(Cl)c1)N1CCN(Cc2cccnc2)CC1. The van der Waals surface area contributed by atoms with E-state index in [1.165, 1.54) is 5.56 Å². The van der Waals surface area contributed by atoms with Gasteiger partial charge in [-0.3, -0.25) is 9.88 Å². The average Bonchev–Trinajstić information content (AvgIpc) is 2.55. The van der Waals surface area contributed by atoms with Crippen molar-refractivity contribution >= 4 is 34.9 Å². The fourth-order valence-corrected chi connectivity index (χ4v) is 3.21. The minimum absolute atomic E-state index is 0.130. The molecule has 0 radical (unpaired) electrons. The number of rotatable bonds is 3. The number of hydrogen-bond donors (Lipinski definition) is 1. The molecule has 1 aliphatic rings. The molecule has 0 aliphatic carbocycles. The number of anilines is 1. The highest BCUT2D eigenvalue weighted by atomic mass is 35.5. The second-order valence-corrected chi connectivity index (χ2v) is 6.59. The normalized spacial score (nSPS) is 15.3. The monoisotopic (exact) mass is 364 g/mol. The molecule has 1 fully saturated rings. The van der Waals surface area contributed by atoms with Crippen molar-refractivity contribution in [1.29, 1.82) is 0 Å². The van der Waals surface area contributed by atoms with E-state index in [2.05, 4.69) is 21.3 Å². The van der Waals surface area contributed by atoms with Crippen LogP contribution in [0.1, 0.15) is 5.56 Å². The van der Waals surface area contributed by atoms with Crippen molar-refractivity contribution in [1.82, 2.24) is 14.8 Å². The van der Waals surface area contributed by atoms with Crippen molar-refractivity contribution in [3.05, 3.63) is 58.3 Å². The minimum Gasteiger partial charge on any atom is -0.322 e. The van der Waals surface area contributed by atoms with Crippen LogP contribution in [0.4, 0.5) is 10.5 Å². The Labute approximate surface area is 151 Å². The van der Waals surface area contributed by atoms with Gasteiger partial charge >= 0.3 is 6.03 Å². The Morgan fingerprint density at radius 3 is 2.46 bits per heavy atom. The highest BCUT2D eigenvalue weighted by Crippen LogP contribution is 2.22. The Morgan fingerprint density at radius 1 is 1.12 bits per heavy atom. The van der Waals surface area contributed by atoms with Crippen molar-refractivity contribution < 1.29 is 4.79 Å². The lowest BCUT2D eigenvalue weighted by Gasteiger charge is -2.34. The van der Waals surface area contributed by atoms with Crippen LogP contribution < -0.4 is 5.32 Å². The first-order valence-electron chi connectivity index (χ1n) is 7.73. The Morgan fingerprint density at radius 2 is 1.83 bits per heavy atom. The highest BCUT2D eigenvalue weighted by Gasteiger charge is 2.21. The van der Waals surface area contributed by atoms with E-state index in [1.54, 1.807) is 29.3 Å². The molecular weight excluding hydrogens is 347 g/mol. The molecule has 1 aliphatic heterocycles. The van der Waals surface area contributed by atoms with Crippen LogP contribution in [0.25, 0.3) is 0 Å². The second kappa shape index (κ2) is 7.83. The molecule has 1 N–H and O–H groups in total. The molecule has 2 amide bonds. The molecule has 0 atom stereocenters. The fourth-order valence-electron chi connectivity index (χ4n) is 2.69. The molecule has 0 spiro atoms. The number of pyridine rings is 1. The minimum atomic E-state index is -0.130. The Hall–Kier alpha value is -1.82. The van der Waals surface area contributed by atoms with Gasteiger partial charge in [-0.1, -0.05) is 29.3 Å². The van der Waals surface area contributed by atoms with Crippen molar-refractivity contribution in [2.45, 2.75) is 6.54 Å². The van der Waals surface area contributed by atoms with E-state index in [-0.39, 0.29) is 6.03 Å². The van der Waals surface area contributed by atoms with Crippen molar-refractivity contribution in [2.75, 3.05) is 31.5 Å². The number of benzene rings is 1. The third-order valence-corrected chi connectivity index (χ3v) is 4.34. The van der Waals surface area contributed by atoms with Gasteiger partial charge in [-0.2, -0.15) is 0 Å². The van der Waals surface area contributed by atoms with E-state index in [0.29, 0.717) is 28.8 Å². The van der Waals surface area contributed by atoms with E-state index in [4.69, 9.17) is 23.2 Å². The Bertz CT molecular complexity index is 683. The lowest BCUT2D eigenvalue weighted by molar-refractivity contribution is 0.143. The quantitative estimate of drug-likeness (QED) is 0.902. The van der Waals surface area contributed by atoms with Gasteiger partial charge in [-0.15, -0.1) is 0 Å². The molecule has 2 aromatic rings. The highest BCUT2D eigenvalue weighted by molar-refractivity contribution is 6.35. The van der Waals surface area contributed by atoms with Crippen molar-refractivity contribution in [3.63, 3.8) is 0 Å². The summed E-state index contributed by atoms with van der Waals surface area (Å²) in [5.41, 5.74) is 1.79. The van der Waals surface area contributed by atoms with Gasteiger partial charge in [0.25, 0.3) is 0 Å². The fraction of sp³-hybridized carbons (Fsp3) is 0.294. The van der Waals surface area contributed by atoms with Gasteiger partial charge in [-0.05, 0) is 29.8 Å². The van der Waals surface area contributed by atoms with E-state index in [0.717, 1.165) is 19.6 Å². The van der Waals surface area contributed by atoms with E-state index < -0.39 is 0 Å². The largest absolute Gasteiger partial charge is 0.322 e. The first kappa shape index (κ1) is 17.0. The molecule has 0 bridgehead atoms. The maximum atomic E-state index is 12.4. The lowest BCUT2D eigenvalue weighted by Crippen LogP contribution is -2.49. The summed E-state index contributed by atoms with van der Waals surface area (Å²) in [6.45, 7) is 3.88. The molecule has 3 rings (SSSR count). The number of halogens is 2. The zero-order chi connectivity index (χ0) is 16.9. The van der Waals surface area contributed by atoms with E-state index in [1.807, 2.05) is 12.3 Å². The summed E-state index contributed by atoms with van der Waals surface area (Å²) in [7, 11) is 0. The summed E-state index contributed by atoms with van der Waals surface area (Å²) < 4.78 is 0. The second-order valence-electron chi connectivity index (χ2n) is 5.71. The smallest absolute Gasteiger partial charge is 0.321 e.